The normalized spacial score (nSPS) is 27.1. The highest BCUT2D eigenvalue weighted by Gasteiger charge is 2.47. The molecule has 2 aliphatic heterocycles. The van der Waals surface area contributed by atoms with Crippen LogP contribution in [0.3, 0.4) is 0 Å². The van der Waals surface area contributed by atoms with Crippen LogP contribution in [-0.4, -0.2) is 31.3 Å². The fourth-order valence-electron chi connectivity index (χ4n) is 2.37. The van der Waals surface area contributed by atoms with E-state index in [1.807, 2.05) is 30.3 Å². The van der Waals surface area contributed by atoms with Gasteiger partial charge in [-0.1, -0.05) is 18.2 Å². The first kappa shape index (κ1) is 12.2. The molecule has 1 aromatic rings. The van der Waals surface area contributed by atoms with Crippen molar-refractivity contribution in [3.05, 3.63) is 30.3 Å². The molecule has 1 amide bonds. The molecule has 17 heavy (non-hydrogen) atoms. The maximum atomic E-state index is 11.8. The third kappa shape index (κ3) is 2.10. The number of halogens is 1. The Morgan fingerprint density at radius 1 is 1.29 bits per heavy atom. The minimum Gasteiger partial charge on any atom is -0.439 e. The largest absolute Gasteiger partial charge is 0.439 e. The van der Waals surface area contributed by atoms with E-state index in [1.165, 1.54) is 0 Å². The van der Waals surface area contributed by atoms with Gasteiger partial charge in [0.15, 0.2) is 0 Å². The van der Waals surface area contributed by atoms with Crippen molar-refractivity contribution >= 4 is 24.2 Å². The third-order valence-corrected chi connectivity index (χ3v) is 3.24. The molecule has 0 aromatic heterocycles. The highest BCUT2D eigenvalue weighted by Crippen LogP contribution is 2.31. The highest BCUT2D eigenvalue weighted by atomic mass is 35.5. The van der Waals surface area contributed by atoms with Crippen molar-refractivity contribution < 1.29 is 9.53 Å². The van der Waals surface area contributed by atoms with E-state index in [9.17, 15) is 4.79 Å². The van der Waals surface area contributed by atoms with Gasteiger partial charge in [-0.15, -0.1) is 12.4 Å². The Hall–Kier alpha value is -1.26. The first-order valence-corrected chi connectivity index (χ1v) is 5.55. The number of carbonyl (C=O) groups excluding carboxylic acids is 1. The summed E-state index contributed by atoms with van der Waals surface area (Å²) in [5.41, 5.74) is 0.615. The average molecular weight is 255 g/mol. The van der Waals surface area contributed by atoms with Crippen LogP contribution in [0.2, 0.25) is 0 Å². The van der Waals surface area contributed by atoms with E-state index in [2.05, 4.69) is 5.32 Å². The SMILES string of the molecule is Cl.O=C1OC2(CCNC2)CN1c1ccccc1. The number of nitrogens with zero attached hydrogens (tertiary/aromatic N) is 1. The van der Waals surface area contributed by atoms with Crippen molar-refractivity contribution in [2.45, 2.75) is 12.0 Å². The van der Waals surface area contributed by atoms with Gasteiger partial charge in [-0.2, -0.15) is 0 Å². The summed E-state index contributed by atoms with van der Waals surface area (Å²) < 4.78 is 5.50. The lowest BCUT2D eigenvalue weighted by Crippen LogP contribution is -2.36. The Balaban J connectivity index is 0.00000108. The quantitative estimate of drug-likeness (QED) is 0.831. The van der Waals surface area contributed by atoms with Crippen molar-refractivity contribution in [3.63, 3.8) is 0 Å². The van der Waals surface area contributed by atoms with Gasteiger partial charge >= 0.3 is 6.09 Å². The van der Waals surface area contributed by atoms with Gasteiger partial charge in [-0.25, -0.2) is 4.79 Å². The second-order valence-electron chi connectivity index (χ2n) is 4.40. The third-order valence-electron chi connectivity index (χ3n) is 3.24. The van der Waals surface area contributed by atoms with E-state index in [0.717, 1.165) is 25.2 Å². The van der Waals surface area contributed by atoms with Crippen LogP contribution >= 0.6 is 12.4 Å². The molecule has 1 spiro atoms. The molecule has 1 N–H and O–H groups in total. The molecule has 1 aromatic carbocycles. The van der Waals surface area contributed by atoms with Crippen molar-refractivity contribution in [2.24, 2.45) is 0 Å². The lowest BCUT2D eigenvalue weighted by Gasteiger charge is -2.19. The predicted octanol–water partition coefficient (Wildman–Crippen LogP) is 1.80. The summed E-state index contributed by atoms with van der Waals surface area (Å²) >= 11 is 0. The van der Waals surface area contributed by atoms with Gasteiger partial charge < -0.3 is 10.1 Å². The van der Waals surface area contributed by atoms with Crippen LogP contribution in [0.4, 0.5) is 10.5 Å². The smallest absolute Gasteiger partial charge is 0.415 e. The van der Waals surface area contributed by atoms with Crippen molar-refractivity contribution in [2.75, 3.05) is 24.5 Å². The molecule has 2 aliphatic rings. The number of benzene rings is 1. The number of rotatable bonds is 1. The maximum Gasteiger partial charge on any atom is 0.415 e. The summed E-state index contributed by atoms with van der Waals surface area (Å²) in [5, 5.41) is 3.24. The molecule has 0 aliphatic carbocycles. The zero-order valence-electron chi connectivity index (χ0n) is 9.39. The molecule has 1 atom stereocenters. The standard InChI is InChI=1S/C12H14N2O2.ClH/c15-11-14(10-4-2-1-3-5-10)9-12(16-11)6-7-13-8-12;/h1-5,13H,6-9H2;1H. The Morgan fingerprint density at radius 2 is 2.06 bits per heavy atom. The van der Waals surface area contributed by atoms with Crippen LogP contribution in [-0.2, 0) is 4.74 Å². The van der Waals surface area contributed by atoms with Gasteiger partial charge in [0.1, 0.15) is 5.60 Å². The van der Waals surface area contributed by atoms with E-state index < -0.39 is 0 Å². The molecule has 5 heteroatoms. The molecule has 0 radical (unpaired) electrons. The number of hydrogen-bond acceptors (Lipinski definition) is 3. The fraction of sp³-hybridized carbons (Fsp3) is 0.417. The molecule has 0 saturated carbocycles. The molecule has 2 fully saturated rings. The fourth-order valence-corrected chi connectivity index (χ4v) is 2.37. The number of para-hydroxylation sites is 1. The predicted molar refractivity (Wildman–Crippen MR) is 67.7 cm³/mol. The zero-order valence-corrected chi connectivity index (χ0v) is 10.2. The number of ether oxygens (including phenoxy) is 1. The van der Waals surface area contributed by atoms with Crippen LogP contribution in [0.5, 0.6) is 0 Å². The van der Waals surface area contributed by atoms with Gasteiger partial charge in [0.2, 0.25) is 0 Å². The van der Waals surface area contributed by atoms with Gasteiger partial charge in [0.05, 0.1) is 6.54 Å². The van der Waals surface area contributed by atoms with Crippen molar-refractivity contribution in [1.29, 1.82) is 0 Å². The number of carbonyl (C=O) groups is 1. The van der Waals surface area contributed by atoms with Crippen LogP contribution in [0, 0.1) is 0 Å². The van der Waals surface area contributed by atoms with Gasteiger partial charge in [0.25, 0.3) is 0 Å². The average Bonchev–Trinajstić information content (AvgIpc) is 2.88. The zero-order chi connectivity index (χ0) is 11.0. The molecule has 3 rings (SSSR count). The van der Waals surface area contributed by atoms with E-state index in [0.29, 0.717) is 6.54 Å². The second kappa shape index (κ2) is 4.55. The second-order valence-corrected chi connectivity index (χ2v) is 4.40. The van der Waals surface area contributed by atoms with Gasteiger partial charge in [0, 0.05) is 18.7 Å². The maximum absolute atomic E-state index is 11.8. The molecule has 2 saturated heterocycles. The van der Waals surface area contributed by atoms with E-state index in [1.54, 1.807) is 4.90 Å². The summed E-state index contributed by atoms with van der Waals surface area (Å²) in [6, 6.07) is 9.67. The van der Waals surface area contributed by atoms with E-state index in [4.69, 9.17) is 4.74 Å². The van der Waals surface area contributed by atoms with Crippen LogP contribution in [0.1, 0.15) is 6.42 Å². The number of anilines is 1. The molecular weight excluding hydrogens is 240 g/mol. The Bertz CT molecular complexity index is 404. The monoisotopic (exact) mass is 254 g/mol. The van der Waals surface area contributed by atoms with Gasteiger partial charge in [-0.3, -0.25) is 4.90 Å². The molecule has 4 nitrogen and oxygen atoms in total. The first-order valence-electron chi connectivity index (χ1n) is 5.55. The topological polar surface area (TPSA) is 41.6 Å². The summed E-state index contributed by atoms with van der Waals surface area (Å²) in [6.45, 7) is 2.35. The Kier molecular flexibility index (Phi) is 3.26. The van der Waals surface area contributed by atoms with Crippen LogP contribution < -0.4 is 10.2 Å². The Morgan fingerprint density at radius 3 is 2.71 bits per heavy atom. The van der Waals surface area contributed by atoms with Crippen molar-refractivity contribution in [1.82, 2.24) is 5.32 Å². The Labute approximate surface area is 106 Å². The first-order chi connectivity index (χ1) is 7.79. The molecular formula is C12H15ClN2O2. The lowest BCUT2D eigenvalue weighted by atomic mass is 10.0. The highest BCUT2D eigenvalue weighted by molar-refractivity contribution is 5.90. The molecule has 92 valence electrons. The number of amides is 1. The molecule has 0 bridgehead atoms. The number of nitrogens with one attached hydrogen (secondary N) is 1. The summed E-state index contributed by atoms with van der Waals surface area (Å²) in [7, 11) is 0. The van der Waals surface area contributed by atoms with E-state index in [-0.39, 0.29) is 24.1 Å². The van der Waals surface area contributed by atoms with Crippen molar-refractivity contribution in [3.8, 4) is 0 Å². The van der Waals surface area contributed by atoms with Crippen LogP contribution in [0.25, 0.3) is 0 Å². The van der Waals surface area contributed by atoms with E-state index >= 15 is 0 Å². The summed E-state index contributed by atoms with van der Waals surface area (Å²) in [4.78, 5) is 13.5. The van der Waals surface area contributed by atoms with Gasteiger partial charge in [-0.05, 0) is 18.7 Å². The lowest BCUT2D eigenvalue weighted by molar-refractivity contribution is 0.0733. The van der Waals surface area contributed by atoms with Crippen LogP contribution in [0.15, 0.2) is 30.3 Å². The minimum absolute atomic E-state index is 0. The minimum atomic E-state index is -0.299. The molecule has 2 heterocycles. The molecule has 1 unspecified atom stereocenters. The summed E-state index contributed by atoms with van der Waals surface area (Å²) in [6.07, 6.45) is 0.678. The summed E-state index contributed by atoms with van der Waals surface area (Å²) in [5.74, 6) is 0. The number of hydrogen-bond donors (Lipinski definition) is 1.